The molecule has 7 nitrogen and oxygen atoms in total. The van der Waals surface area contributed by atoms with E-state index in [1.165, 1.54) is 12.8 Å². The summed E-state index contributed by atoms with van der Waals surface area (Å²) in [6.45, 7) is 5.69. The lowest BCUT2D eigenvalue weighted by molar-refractivity contribution is 0.0658. The Bertz CT molecular complexity index is 995. The van der Waals surface area contributed by atoms with Crippen molar-refractivity contribution in [3.05, 3.63) is 47.5 Å². The Balaban J connectivity index is 1.10. The third kappa shape index (κ3) is 5.03. The van der Waals surface area contributed by atoms with Crippen molar-refractivity contribution < 1.29 is 23.7 Å². The van der Waals surface area contributed by atoms with Crippen LogP contribution in [0.3, 0.4) is 0 Å². The summed E-state index contributed by atoms with van der Waals surface area (Å²) in [6, 6.07) is 11.6. The van der Waals surface area contributed by atoms with Crippen LogP contribution in [-0.2, 0) is 6.42 Å². The van der Waals surface area contributed by atoms with E-state index in [-0.39, 0.29) is 12.7 Å². The van der Waals surface area contributed by atoms with Gasteiger partial charge in [-0.05, 0) is 68.0 Å². The maximum Gasteiger partial charge on any atom is 0.254 e. The largest absolute Gasteiger partial charge is 0.497 e. The predicted molar refractivity (Wildman–Crippen MR) is 124 cm³/mol. The first kappa shape index (κ1) is 21.9. The van der Waals surface area contributed by atoms with Crippen LogP contribution >= 0.6 is 0 Å². The van der Waals surface area contributed by atoms with Crippen LogP contribution in [0, 0.1) is 5.92 Å². The zero-order valence-corrected chi connectivity index (χ0v) is 19.3. The Morgan fingerprint density at radius 3 is 2.82 bits per heavy atom. The molecule has 0 saturated carbocycles. The summed E-state index contributed by atoms with van der Waals surface area (Å²) in [6.07, 6.45) is 4.20. The van der Waals surface area contributed by atoms with E-state index in [9.17, 15) is 4.79 Å². The SMILES string of the molecule is COc1cccc(OCCCN2CCCC(CN3CCc4cc5c(cc4C3=O)OCO5)C2)c1. The van der Waals surface area contributed by atoms with Crippen LogP contribution in [0.2, 0.25) is 0 Å². The molecular weight excluding hydrogens is 420 g/mol. The fourth-order valence-corrected chi connectivity index (χ4v) is 5.08. The zero-order valence-electron chi connectivity index (χ0n) is 19.3. The fourth-order valence-electron chi connectivity index (χ4n) is 5.08. The van der Waals surface area contributed by atoms with E-state index in [0.717, 1.165) is 73.9 Å². The molecule has 0 spiro atoms. The summed E-state index contributed by atoms with van der Waals surface area (Å²) in [5.74, 6) is 3.73. The highest BCUT2D eigenvalue weighted by molar-refractivity contribution is 5.97. The van der Waals surface area contributed by atoms with Gasteiger partial charge in [0.05, 0.1) is 13.7 Å². The van der Waals surface area contributed by atoms with Crippen molar-refractivity contribution in [1.82, 2.24) is 9.80 Å². The first-order valence-electron chi connectivity index (χ1n) is 11.9. The van der Waals surface area contributed by atoms with Crippen LogP contribution in [0.25, 0.3) is 0 Å². The molecule has 3 heterocycles. The van der Waals surface area contributed by atoms with E-state index in [1.807, 2.05) is 41.3 Å². The number of rotatable bonds is 8. The summed E-state index contributed by atoms with van der Waals surface area (Å²) in [7, 11) is 1.66. The molecule has 33 heavy (non-hydrogen) atoms. The van der Waals surface area contributed by atoms with Crippen molar-refractivity contribution >= 4 is 5.91 Å². The molecule has 0 radical (unpaired) electrons. The van der Waals surface area contributed by atoms with Gasteiger partial charge in [-0.25, -0.2) is 0 Å². The molecule has 0 bridgehead atoms. The van der Waals surface area contributed by atoms with Crippen molar-refractivity contribution in [3.8, 4) is 23.0 Å². The molecule has 1 amide bonds. The molecule has 0 N–H and O–H groups in total. The van der Waals surface area contributed by atoms with Gasteiger partial charge in [0, 0.05) is 37.8 Å². The number of piperidine rings is 1. The smallest absolute Gasteiger partial charge is 0.254 e. The molecule has 176 valence electrons. The van der Waals surface area contributed by atoms with E-state index in [1.54, 1.807) is 7.11 Å². The number of hydrogen-bond acceptors (Lipinski definition) is 6. The van der Waals surface area contributed by atoms with E-state index in [2.05, 4.69) is 4.90 Å². The Kier molecular flexibility index (Phi) is 6.58. The minimum atomic E-state index is 0.123. The number of methoxy groups -OCH3 is 1. The van der Waals surface area contributed by atoms with Crippen molar-refractivity contribution in [1.29, 1.82) is 0 Å². The Labute approximate surface area is 195 Å². The van der Waals surface area contributed by atoms with Gasteiger partial charge in [-0.2, -0.15) is 0 Å². The molecule has 1 unspecified atom stereocenters. The number of nitrogens with zero attached hydrogens (tertiary/aromatic N) is 2. The lowest BCUT2D eigenvalue weighted by Crippen LogP contribution is -2.45. The normalized spacial score (nSPS) is 20.0. The molecule has 2 aromatic carbocycles. The minimum Gasteiger partial charge on any atom is -0.497 e. The molecule has 5 rings (SSSR count). The molecule has 1 fully saturated rings. The van der Waals surface area contributed by atoms with E-state index in [0.29, 0.717) is 18.3 Å². The molecule has 0 aromatic heterocycles. The van der Waals surface area contributed by atoms with Crippen molar-refractivity contribution in [2.75, 3.05) is 53.2 Å². The molecule has 7 heteroatoms. The van der Waals surface area contributed by atoms with Crippen LogP contribution in [0.4, 0.5) is 0 Å². The number of carbonyl (C=O) groups excluding carboxylic acids is 1. The Morgan fingerprint density at radius 1 is 1.09 bits per heavy atom. The molecule has 0 aliphatic carbocycles. The maximum absolute atomic E-state index is 13.2. The van der Waals surface area contributed by atoms with Crippen molar-refractivity contribution in [2.45, 2.75) is 25.7 Å². The van der Waals surface area contributed by atoms with Crippen LogP contribution < -0.4 is 18.9 Å². The van der Waals surface area contributed by atoms with Gasteiger partial charge >= 0.3 is 0 Å². The minimum absolute atomic E-state index is 0.123. The van der Waals surface area contributed by atoms with Crippen LogP contribution in [0.5, 0.6) is 23.0 Å². The van der Waals surface area contributed by atoms with Gasteiger partial charge in [-0.1, -0.05) is 6.07 Å². The first-order chi connectivity index (χ1) is 16.2. The number of likely N-dealkylation sites (tertiary alicyclic amines) is 1. The summed E-state index contributed by atoms with van der Waals surface area (Å²) in [5, 5.41) is 0. The number of amides is 1. The van der Waals surface area contributed by atoms with Crippen molar-refractivity contribution in [2.24, 2.45) is 5.92 Å². The summed E-state index contributed by atoms with van der Waals surface area (Å²) >= 11 is 0. The second-order valence-corrected chi connectivity index (χ2v) is 9.05. The van der Waals surface area contributed by atoms with E-state index >= 15 is 0 Å². The zero-order chi connectivity index (χ0) is 22.6. The third-order valence-electron chi connectivity index (χ3n) is 6.78. The van der Waals surface area contributed by atoms with Gasteiger partial charge in [0.25, 0.3) is 5.91 Å². The first-order valence-corrected chi connectivity index (χ1v) is 11.9. The standard InChI is InChI=1S/C26H32N2O5/c1-30-21-6-2-7-22(14-21)31-12-4-10-27-9-3-5-19(16-27)17-28-11-8-20-13-24-25(33-18-32-24)15-23(20)26(28)29/h2,6-7,13-15,19H,3-5,8-12,16-18H2,1H3. The van der Waals surface area contributed by atoms with Crippen molar-refractivity contribution in [3.63, 3.8) is 0 Å². The number of hydrogen-bond donors (Lipinski definition) is 0. The third-order valence-corrected chi connectivity index (χ3v) is 6.78. The van der Waals surface area contributed by atoms with Gasteiger partial charge in [0.15, 0.2) is 11.5 Å². The van der Waals surface area contributed by atoms with Crippen LogP contribution in [0.15, 0.2) is 36.4 Å². The average Bonchev–Trinajstić information content (AvgIpc) is 3.31. The lowest BCUT2D eigenvalue weighted by Gasteiger charge is -2.37. The lowest BCUT2D eigenvalue weighted by atomic mass is 9.94. The molecule has 3 aliphatic heterocycles. The second kappa shape index (κ2) is 9.91. The average molecular weight is 453 g/mol. The summed E-state index contributed by atoms with van der Waals surface area (Å²) in [5.41, 5.74) is 1.84. The Morgan fingerprint density at radius 2 is 1.94 bits per heavy atom. The van der Waals surface area contributed by atoms with Gasteiger partial charge in [0.1, 0.15) is 11.5 Å². The summed E-state index contributed by atoms with van der Waals surface area (Å²) in [4.78, 5) is 17.7. The number of carbonyl (C=O) groups is 1. The Hall–Kier alpha value is -2.93. The number of benzene rings is 2. The van der Waals surface area contributed by atoms with Gasteiger partial charge in [0.2, 0.25) is 6.79 Å². The van der Waals surface area contributed by atoms with Gasteiger partial charge in [-0.3, -0.25) is 4.79 Å². The van der Waals surface area contributed by atoms with Gasteiger partial charge in [-0.15, -0.1) is 0 Å². The van der Waals surface area contributed by atoms with Gasteiger partial charge < -0.3 is 28.7 Å². The summed E-state index contributed by atoms with van der Waals surface area (Å²) < 4.78 is 22.1. The molecule has 3 aliphatic rings. The number of fused-ring (bicyclic) bond motifs is 2. The highest BCUT2D eigenvalue weighted by Gasteiger charge is 2.30. The quantitative estimate of drug-likeness (QED) is 0.571. The highest BCUT2D eigenvalue weighted by Crippen LogP contribution is 2.37. The van der Waals surface area contributed by atoms with E-state index < -0.39 is 0 Å². The van der Waals surface area contributed by atoms with E-state index in [4.69, 9.17) is 18.9 Å². The molecule has 2 aromatic rings. The van der Waals surface area contributed by atoms with Crippen LogP contribution in [-0.4, -0.2) is 68.9 Å². The predicted octanol–water partition coefficient (Wildman–Crippen LogP) is 3.60. The second-order valence-electron chi connectivity index (χ2n) is 9.05. The molecule has 1 atom stereocenters. The molecular formula is C26H32N2O5. The maximum atomic E-state index is 13.2. The highest BCUT2D eigenvalue weighted by atomic mass is 16.7. The fraction of sp³-hybridized carbons (Fsp3) is 0.500. The topological polar surface area (TPSA) is 60.5 Å². The monoisotopic (exact) mass is 452 g/mol. The van der Waals surface area contributed by atoms with Crippen LogP contribution in [0.1, 0.15) is 35.2 Å². The number of ether oxygens (including phenoxy) is 4. The molecule has 1 saturated heterocycles.